The van der Waals surface area contributed by atoms with E-state index in [0.29, 0.717) is 77.7 Å². The Morgan fingerprint density at radius 1 is 0.632 bits per heavy atom. The minimum atomic E-state index is -2.75. The third kappa shape index (κ3) is 12.0. The van der Waals surface area contributed by atoms with E-state index in [2.05, 4.69) is 15.6 Å². The van der Waals surface area contributed by atoms with Crippen molar-refractivity contribution in [1.82, 2.24) is 15.6 Å². The Labute approximate surface area is 230 Å². The first-order valence-corrected chi connectivity index (χ1v) is 17.6. The van der Waals surface area contributed by atoms with Crippen LogP contribution in [0.25, 0.3) is 0 Å². The highest BCUT2D eigenvalue weighted by Gasteiger charge is 2.40. The number of rotatable bonds is 22. The van der Waals surface area contributed by atoms with Crippen molar-refractivity contribution in [3.63, 3.8) is 0 Å². The van der Waals surface area contributed by atoms with Gasteiger partial charge in [-0.15, -0.1) is 0 Å². The van der Waals surface area contributed by atoms with Gasteiger partial charge in [-0.3, -0.25) is 9.59 Å². The van der Waals surface area contributed by atoms with E-state index in [-0.39, 0.29) is 23.2 Å². The summed E-state index contributed by atoms with van der Waals surface area (Å²) in [7, 11) is -5.51. The van der Waals surface area contributed by atoms with Gasteiger partial charge in [0.15, 0.2) is 0 Å². The van der Waals surface area contributed by atoms with E-state index in [0.717, 1.165) is 0 Å². The van der Waals surface area contributed by atoms with E-state index in [1.165, 1.54) is 0 Å². The van der Waals surface area contributed by atoms with Crippen LogP contribution in [0.2, 0.25) is 12.1 Å². The maximum absolute atomic E-state index is 12.7. The highest BCUT2D eigenvalue weighted by atomic mass is 28.4. The molecule has 0 bridgehead atoms. The van der Waals surface area contributed by atoms with Crippen LogP contribution in [0.4, 0.5) is 0 Å². The second-order valence-corrected chi connectivity index (χ2v) is 13.6. The average molecular weight is 574 g/mol. The Morgan fingerprint density at radius 2 is 0.947 bits per heavy atom. The van der Waals surface area contributed by atoms with Crippen LogP contribution in [0.1, 0.15) is 75.4 Å². The standard InChI is InChI=1S/C25H47N3O8Si2/c1-7-31-37(32-8-2,33-9-3)20-14-18-26-24(29)22-16-13-17-23(28-22)25(30)27-19-15-21-38(34-10-4,35-11-5)36-12-6/h13,16-17H,7-12,14-15,18-21H2,1-6H3,(H,26,29)(H,27,30). The Balaban J connectivity index is 2.60. The Kier molecular flexibility index (Phi) is 17.5. The second kappa shape index (κ2) is 19.4. The summed E-state index contributed by atoms with van der Waals surface area (Å²) in [6.07, 6.45) is 1.27. The second-order valence-electron chi connectivity index (χ2n) is 8.09. The lowest BCUT2D eigenvalue weighted by molar-refractivity contribution is 0.0699. The number of nitrogens with one attached hydrogen (secondary N) is 2. The van der Waals surface area contributed by atoms with Crippen LogP contribution in [-0.2, 0) is 26.6 Å². The molecule has 13 heteroatoms. The first-order valence-electron chi connectivity index (χ1n) is 13.7. The summed E-state index contributed by atoms with van der Waals surface area (Å²) in [4.78, 5) is 29.6. The van der Waals surface area contributed by atoms with Gasteiger partial charge < -0.3 is 37.2 Å². The number of hydrogen-bond acceptors (Lipinski definition) is 9. The summed E-state index contributed by atoms with van der Waals surface area (Å²) in [5.74, 6) is -0.700. The molecule has 11 nitrogen and oxygen atoms in total. The number of amides is 2. The van der Waals surface area contributed by atoms with Crippen molar-refractivity contribution in [3.8, 4) is 0 Å². The molecule has 0 aromatic carbocycles. The number of carbonyl (C=O) groups is 2. The van der Waals surface area contributed by atoms with Crippen molar-refractivity contribution < 1.29 is 36.1 Å². The number of carbonyl (C=O) groups excluding carboxylic acids is 2. The molecule has 0 radical (unpaired) electrons. The fraction of sp³-hybridized carbons (Fsp3) is 0.720. The minimum absolute atomic E-state index is 0.177. The van der Waals surface area contributed by atoms with Gasteiger partial charge in [0.2, 0.25) is 0 Å². The van der Waals surface area contributed by atoms with Gasteiger partial charge in [0.05, 0.1) is 0 Å². The molecular weight excluding hydrogens is 526 g/mol. The molecule has 0 aliphatic carbocycles. The van der Waals surface area contributed by atoms with Gasteiger partial charge in [-0.2, -0.15) is 0 Å². The monoisotopic (exact) mass is 573 g/mol. The highest BCUT2D eigenvalue weighted by molar-refractivity contribution is 6.61. The van der Waals surface area contributed by atoms with E-state index in [1.807, 2.05) is 41.5 Å². The fourth-order valence-electron chi connectivity index (χ4n) is 3.88. The van der Waals surface area contributed by atoms with Crippen LogP contribution in [0.5, 0.6) is 0 Å². The average Bonchev–Trinajstić information content (AvgIpc) is 2.90. The molecule has 2 N–H and O–H groups in total. The summed E-state index contributed by atoms with van der Waals surface area (Å²) in [5, 5.41) is 5.71. The summed E-state index contributed by atoms with van der Waals surface area (Å²) < 4.78 is 35.1. The van der Waals surface area contributed by atoms with E-state index in [9.17, 15) is 9.59 Å². The highest BCUT2D eigenvalue weighted by Crippen LogP contribution is 2.19. The Hall–Kier alpha value is -1.72. The number of aromatic nitrogens is 1. The molecule has 1 heterocycles. The molecule has 0 spiro atoms. The smallest absolute Gasteiger partial charge is 0.374 e. The minimum Gasteiger partial charge on any atom is -0.374 e. The molecule has 1 rings (SSSR count). The van der Waals surface area contributed by atoms with Crippen molar-refractivity contribution in [1.29, 1.82) is 0 Å². The van der Waals surface area contributed by atoms with Gasteiger partial charge >= 0.3 is 17.6 Å². The molecule has 0 unspecified atom stereocenters. The summed E-state index contributed by atoms with van der Waals surface area (Å²) in [6.45, 7) is 15.3. The molecular formula is C25H47N3O8Si2. The van der Waals surface area contributed by atoms with E-state index in [1.54, 1.807) is 18.2 Å². The largest absolute Gasteiger partial charge is 0.500 e. The lowest BCUT2D eigenvalue weighted by Crippen LogP contribution is -2.46. The summed E-state index contributed by atoms with van der Waals surface area (Å²) in [5.41, 5.74) is 0.354. The van der Waals surface area contributed by atoms with Crippen LogP contribution in [-0.4, -0.2) is 87.1 Å². The van der Waals surface area contributed by atoms with E-state index >= 15 is 0 Å². The zero-order valence-electron chi connectivity index (χ0n) is 23.9. The molecule has 218 valence electrons. The third-order valence-corrected chi connectivity index (χ3v) is 11.6. The molecule has 1 aromatic heterocycles. The molecule has 0 aliphatic rings. The molecule has 0 fully saturated rings. The van der Waals surface area contributed by atoms with Gasteiger partial charge in [-0.05, 0) is 66.5 Å². The fourth-order valence-corrected chi connectivity index (χ4v) is 9.11. The van der Waals surface area contributed by atoms with Crippen molar-refractivity contribution in [2.75, 3.05) is 52.7 Å². The lowest BCUT2D eigenvalue weighted by Gasteiger charge is -2.28. The summed E-state index contributed by atoms with van der Waals surface area (Å²) >= 11 is 0. The van der Waals surface area contributed by atoms with Gasteiger partial charge in [-0.1, -0.05) is 6.07 Å². The van der Waals surface area contributed by atoms with Crippen LogP contribution >= 0.6 is 0 Å². The predicted molar refractivity (Wildman–Crippen MR) is 149 cm³/mol. The van der Waals surface area contributed by atoms with Crippen molar-refractivity contribution in [2.45, 2.75) is 66.5 Å². The molecule has 1 aromatic rings. The SMILES string of the molecule is CCO[Si](CCCNC(=O)c1cccc(C(=O)NCCC[Si](OCC)(OCC)OCC)n1)(OCC)OCC. The number of hydrogen-bond donors (Lipinski definition) is 2. The van der Waals surface area contributed by atoms with Crippen molar-refractivity contribution in [2.24, 2.45) is 0 Å². The molecule has 0 saturated heterocycles. The van der Waals surface area contributed by atoms with Crippen LogP contribution in [0, 0.1) is 0 Å². The Morgan fingerprint density at radius 3 is 1.24 bits per heavy atom. The lowest BCUT2D eigenvalue weighted by atomic mass is 10.2. The van der Waals surface area contributed by atoms with Gasteiger partial charge in [0.1, 0.15) is 11.4 Å². The maximum atomic E-state index is 12.7. The number of pyridine rings is 1. The molecule has 0 aliphatic heterocycles. The number of nitrogens with zero attached hydrogens (tertiary/aromatic N) is 1. The Bertz CT molecular complexity index is 723. The first kappa shape index (κ1) is 34.3. The first-order chi connectivity index (χ1) is 18.3. The molecule has 0 saturated carbocycles. The third-order valence-electron chi connectivity index (χ3n) is 5.29. The zero-order valence-corrected chi connectivity index (χ0v) is 25.9. The van der Waals surface area contributed by atoms with Crippen molar-refractivity contribution in [3.05, 3.63) is 29.6 Å². The molecule has 2 amide bonds. The van der Waals surface area contributed by atoms with Crippen molar-refractivity contribution >= 4 is 29.4 Å². The predicted octanol–water partition coefficient (Wildman–Crippen LogP) is 3.42. The van der Waals surface area contributed by atoms with Crippen LogP contribution < -0.4 is 10.6 Å². The maximum Gasteiger partial charge on any atom is 0.500 e. The molecule has 0 atom stereocenters. The molecule has 38 heavy (non-hydrogen) atoms. The topological polar surface area (TPSA) is 126 Å². The van der Waals surface area contributed by atoms with Gasteiger partial charge in [-0.25, -0.2) is 4.98 Å². The van der Waals surface area contributed by atoms with Crippen LogP contribution in [0.3, 0.4) is 0 Å². The normalized spacial score (nSPS) is 11.9. The van der Waals surface area contributed by atoms with Gasteiger partial charge in [0.25, 0.3) is 11.8 Å². The zero-order chi connectivity index (χ0) is 28.3. The quantitative estimate of drug-likeness (QED) is 0.158. The summed E-state index contributed by atoms with van der Waals surface area (Å²) in [6, 6.07) is 6.00. The van der Waals surface area contributed by atoms with Gasteiger partial charge in [0, 0.05) is 64.8 Å². The van der Waals surface area contributed by atoms with E-state index in [4.69, 9.17) is 26.6 Å². The van der Waals surface area contributed by atoms with E-state index < -0.39 is 17.6 Å². The van der Waals surface area contributed by atoms with Crippen LogP contribution in [0.15, 0.2) is 18.2 Å².